The first-order valence-corrected chi connectivity index (χ1v) is 28.7. The van der Waals surface area contributed by atoms with Crippen molar-refractivity contribution in [3.05, 3.63) is 36.5 Å². The number of quaternary nitrogens is 1. The summed E-state index contributed by atoms with van der Waals surface area (Å²) in [7, 11) is 1.67. The van der Waals surface area contributed by atoms with E-state index in [1.807, 2.05) is 21.1 Å². The molecule has 0 spiro atoms. The Kier molecular flexibility index (Phi) is 47.2. The number of hydrogen-bond acceptors (Lipinski definition) is 6. The first-order valence-electron chi connectivity index (χ1n) is 27.2. The highest BCUT2D eigenvalue weighted by atomic mass is 31.2. The minimum Gasteiger partial charge on any atom is -0.457 e. The highest BCUT2D eigenvalue weighted by molar-refractivity contribution is 7.47. The molecule has 2 atom stereocenters. The maximum Gasteiger partial charge on any atom is 0.472 e. The number of esters is 1. The molecule has 0 radical (unpaired) electrons. The van der Waals surface area contributed by atoms with Gasteiger partial charge in [-0.3, -0.25) is 13.8 Å². The van der Waals surface area contributed by atoms with Gasteiger partial charge in [-0.1, -0.05) is 211 Å². The lowest BCUT2D eigenvalue weighted by Crippen LogP contribution is -2.37. The molecular weight excluding hydrogens is 818 g/mol. The van der Waals surface area contributed by atoms with Crippen LogP contribution in [0.2, 0.25) is 0 Å². The van der Waals surface area contributed by atoms with Gasteiger partial charge in [-0.25, -0.2) is 4.57 Å². The van der Waals surface area contributed by atoms with Crippen LogP contribution < -0.4 is 0 Å². The predicted octanol–water partition coefficient (Wildman–Crippen LogP) is 16.9. The summed E-state index contributed by atoms with van der Waals surface area (Å²) in [4.78, 5) is 23.0. The lowest BCUT2D eigenvalue weighted by atomic mass is 10.0. The zero-order valence-corrected chi connectivity index (χ0v) is 43.9. The van der Waals surface area contributed by atoms with Gasteiger partial charge >= 0.3 is 13.8 Å². The van der Waals surface area contributed by atoms with Crippen molar-refractivity contribution in [3.8, 4) is 0 Å². The molecule has 1 N–H and O–H groups in total. The van der Waals surface area contributed by atoms with E-state index in [2.05, 4.69) is 50.3 Å². The molecule has 0 rings (SSSR count). The lowest BCUT2D eigenvalue weighted by molar-refractivity contribution is -0.870. The molecule has 0 heterocycles. The van der Waals surface area contributed by atoms with Gasteiger partial charge in [0.25, 0.3) is 0 Å². The number of rotatable bonds is 51. The monoisotopic (exact) mass is 925 g/mol. The van der Waals surface area contributed by atoms with Crippen molar-refractivity contribution < 1.29 is 37.3 Å². The van der Waals surface area contributed by atoms with Gasteiger partial charge in [0.1, 0.15) is 19.3 Å². The third kappa shape index (κ3) is 51.7. The van der Waals surface area contributed by atoms with Crippen LogP contribution in [0.15, 0.2) is 36.5 Å². The number of carbonyl (C=O) groups excluding carboxylic acids is 1. The number of allylic oxidation sites excluding steroid dienone is 6. The van der Waals surface area contributed by atoms with E-state index in [4.69, 9.17) is 18.5 Å². The van der Waals surface area contributed by atoms with E-state index >= 15 is 0 Å². The predicted molar refractivity (Wildman–Crippen MR) is 275 cm³/mol. The fraction of sp³-hybridized carbons (Fsp3) is 0.873. The number of carbonyl (C=O) groups is 1. The molecule has 0 aliphatic heterocycles. The van der Waals surface area contributed by atoms with E-state index in [1.165, 1.54) is 193 Å². The van der Waals surface area contributed by atoms with Crippen LogP contribution >= 0.6 is 7.82 Å². The Labute approximate surface area is 397 Å². The number of phosphoric acid groups is 1. The van der Waals surface area contributed by atoms with Crippen molar-refractivity contribution in [1.82, 2.24) is 0 Å². The first kappa shape index (κ1) is 62.7. The molecule has 0 bridgehead atoms. The first-order chi connectivity index (χ1) is 31.1. The number of nitrogens with zero attached hydrogens (tertiary/aromatic N) is 1. The number of hydrogen-bond donors (Lipinski definition) is 1. The van der Waals surface area contributed by atoms with Crippen LogP contribution in [0.4, 0.5) is 0 Å². The Morgan fingerprint density at radius 3 is 1.28 bits per heavy atom. The summed E-state index contributed by atoms with van der Waals surface area (Å²) < 4.78 is 35.2. The summed E-state index contributed by atoms with van der Waals surface area (Å²) >= 11 is 0. The van der Waals surface area contributed by atoms with Gasteiger partial charge in [-0.2, -0.15) is 0 Å². The van der Waals surface area contributed by atoms with Crippen LogP contribution in [0.5, 0.6) is 0 Å². The van der Waals surface area contributed by atoms with E-state index < -0.39 is 13.9 Å². The van der Waals surface area contributed by atoms with E-state index in [1.54, 1.807) is 0 Å². The highest BCUT2D eigenvalue weighted by Crippen LogP contribution is 2.43. The van der Waals surface area contributed by atoms with Gasteiger partial charge in [0.05, 0.1) is 34.4 Å². The molecule has 0 aliphatic rings. The van der Waals surface area contributed by atoms with Crippen molar-refractivity contribution >= 4 is 13.8 Å². The van der Waals surface area contributed by atoms with Gasteiger partial charge in [0, 0.05) is 13.0 Å². The Balaban J connectivity index is 4.10. The fourth-order valence-corrected chi connectivity index (χ4v) is 8.44. The third-order valence-electron chi connectivity index (χ3n) is 11.9. The van der Waals surface area contributed by atoms with E-state index in [0.717, 1.165) is 38.5 Å². The van der Waals surface area contributed by atoms with Crippen molar-refractivity contribution in [2.24, 2.45) is 0 Å². The summed E-state index contributed by atoms with van der Waals surface area (Å²) in [5.74, 6) is -0.314. The fourth-order valence-electron chi connectivity index (χ4n) is 7.70. The molecule has 9 heteroatoms. The topological polar surface area (TPSA) is 91.3 Å². The Morgan fingerprint density at radius 2 is 0.859 bits per heavy atom. The summed E-state index contributed by atoms with van der Waals surface area (Å²) in [5.41, 5.74) is 0. The second-order valence-corrected chi connectivity index (χ2v) is 21.1. The smallest absolute Gasteiger partial charge is 0.457 e. The second-order valence-electron chi connectivity index (χ2n) is 19.6. The van der Waals surface area contributed by atoms with Crippen LogP contribution in [-0.4, -0.2) is 75.6 Å². The molecule has 0 fully saturated rings. The van der Waals surface area contributed by atoms with E-state index in [9.17, 15) is 14.3 Å². The van der Waals surface area contributed by atoms with Crippen molar-refractivity contribution in [3.63, 3.8) is 0 Å². The summed E-state index contributed by atoms with van der Waals surface area (Å²) in [6, 6.07) is 0. The van der Waals surface area contributed by atoms with Crippen LogP contribution in [0, 0.1) is 0 Å². The van der Waals surface area contributed by atoms with Gasteiger partial charge in [0.15, 0.2) is 0 Å². The molecule has 378 valence electrons. The number of likely N-dealkylation sites (N-methyl/N-ethyl adjacent to an activating group) is 1. The van der Waals surface area contributed by atoms with Crippen molar-refractivity contribution in [2.45, 2.75) is 258 Å². The molecule has 0 amide bonds. The highest BCUT2D eigenvalue weighted by Gasteiger charge is 2.26. The molecule has 0 aromatic heterocycles. The number of ether oxygens (including phenoxy) is 2. The largest absolute Gasteiger partial charge is 0.472 e. The Bertz CT molecular complexity index is 1120. The van der Waals surface area contributed by atoms with Gasteiger partial charge in [-0.15, -0.1) is 0 Å². The quantitative estimate of drug-likeness (QED) is 0.0214. The standard InChI is InChI=1S/C55H106NO7P/c1-6-8-10-12-14-16-18-20-22-24-26-27-28-29-30-32-34-36-38-40-42-44-46-48-55(57)63-54(53-62-64(58,59)61-51-49-56(3,4)5)52-60-50-47-45-43-41-39-37-35-33-31-25-23-21-19-17-15-13-11-9-7-2/h18,20,23-26,54H,6-17,19,21-22,27-53H2,1-5H3/p+1/b20-18-,25-23-,26-24-. The Hall–Kier alpha value is -1.28. The second kappa shape index (κ2) is 48.2. The Morgan fingerprint density at radius 1 is 0.484 bits per heavy atom. The van der Waals surface area contributed by atoms with Gasteiger partial charge in [-0.05, 0) is 70.6 Å². The average molecular weight is 925 g/mol. The molecule has 0 saturated carbocycles. The SMILES string of the molecule is CCCCCCC/C=C\C/C=C\CCCCCCCCCCCCCC(=O)OC(COCCCCCCCCCC/C=C\CCCCCCCCC)COP(=O)(O)OCC[N+](C)(C)C. The summed E-state index contributed by atoms with van der Waals surface area (Å²) in [6.07, 6.45) is 59.1. The molecule has 0 aromatic carbocycles. The lowest BCUT2D eigenvalue weighted by Gasteiger charge is -2.24. The molecule has 8 nitrogen and oxygen atoms in total. The van der Waals surface area contributed by atoms with E-state index in [-0.39, 0.29) is 25.8 Å². The third-order valence-corrected chi connectivity index (χ3v) is 12.9. The zero-order chi connectivity index (χ0) is 46.9. The molecular formula is C55H107NO7P+. The summed E-state index contributed by atoms with van der Waals surface area (Å²) in [6.45, 7) is 5.64. The van der Waals surface area contributed by atoms with Crippen LogP contribution in [0.3, 0.4) is 0 Å². The zero-order valence-electron chi connectivity index (χ0n) is 43.0. The molecule has 0 aliphatic carbocycles. The van der Waals surface area contributed by atoms with Crippen molar-refractivity contribution in [1.29, 1.82) is 0 Å². The minimum absolute atomic E-state index is 0.0883. The number of unbranched alkanes of at least 4 members (excludes halogenated alkanes) is 31. The van der Waals surface area contributed by atoms with E-state index in [0.29, 0.717) is 24.1 Å². The van der Waals surface area contributed by atoms with Crippen LogP contribution in [0.25, 0.3) is 0 Å². The number of phosphoric ester groups is 1. The normalized spacial score (nSPS) is 13.8. The maximum atomic E-state index is 12.8. The van der Waals surface area contributed by atoms with Gasteiger partial charge in [0.2, 0.25) is 0 Å². The summed E-state index contributed by atoms with van der Waals surface area (Å²) in [5, 5.41) is 0. The van der Waals surface area contributed by atoms with Crippen molar-refractivity contribution in [2.75, 3.05) is 54.1 Å². The average Bonchev–Trinajstić information content (AvgIpc) is 3.25. The maximum absolute atomic E-state index is 12.8. The molecule has 64 heavy (non-hydrogen) atoms. The molecule has 0 aromatic rings. The molecule has 0 saturated heterocycles. The van der Waals surface area contributed by atoms with Gasteiger partial charge < -0.3 is 18.9 Å². The minimum atomic E-state index is -4.28. The van der Waals surface area contributed by atoms with Crippen LogP contribution in [-0.2, 0) is 27.9 Å². The molecule has 2 unspecified atom stereocenters. The van der Waals surface area contributed by atoms with Crippen LogP contribution in [0.1, 0.15) is 251 Å².